The minimum absolute atomic E-state index is 0.0951. The highest BCUT2D eigenvalue weighted by atomic mass is 16.2. The molecule has 3 N–H and O–H groups in total. The maximum Gasteiger partial charge on any atom is 0.253 e. The van der Waals surface area contributed by atoms with Gasteiger partial charge in [-0.2, -0.15) is 0 Å². The van der Waals surface area contributed by atoms with Crippen LogP contribution >= 0.6 is 0 Å². The summed E-state index contributed by atoms with van der Waals surface area (Å²) in [7, 11) is 0. The summed E-state index contributed by atoms with van der Waals surface area (Å²) in [5, 5.41) is 8.35. The normalized spacial score (nSPS) is 10.2. The van der Waals surface area contributed by atoms with E-state index in [0.717, 1.165) is 11.1 Å². The molecule has 0 heterocycles. The van der Waals surface area contributed by atoms with Gasteiger partial charge >= 0.3 is 0 Å². The van der Waals surface area contributed by atoms with Crippen molar-refractivity contribution in [3.8, 4) is 0 Å². The molecule has 0 unspecified atom stereocenters. The molecule has 3 amide bonds. The molecule has 0 saturated carbocycles. The third-order valence-electron chi connectivity index (χ3n) is 4.69. The molecule has 6 heteroatoms. The van der Waals surface area contributed by atoms with Crippen LogP contribution in [0.25, 0.3) is 0 Å². The fourth-order valence-electron chi connectivity index (χ4n) is 2.97. The fraction of sp³-hybridized carbons (Fsp3) is 0.160. The minimum atomic E-state index is -0.285. The zero-order chi connectivity index (χ0) is 22.1. The number of nitrogens with one attached hydrogen (secondary N) is 3. The maximum absolute atomic E-state index is 12.6. The van der Waals surface area contributed by atoms with Crippen molar-refractivity contribution in [1.82, 2.24) is 10.6 Å². The first kappa shape index (κ1) is 21.8. The molecule has 0 aliphatic heterocycles. The summed E-state index contributed by atoms with van der Waals surface area (Å²) in [5.74, 6) is -0.787. The third-order valence-corrected chi connectivity index (χ3v) is 4.69. The number of carbonyl (C=O) groups excluding carboxylic acids is 3. The number of aryl methyl sites for hydroxylation is 1. The van der Waals surface area contributed by atoms with Crippen LogP contribution in [0.1, 0.15) is 38.3 Å². The van der Waals surface area contributed by atoms with E-state index >= 15 is 0 Å². The van der Waals surface area contributed by atoms with Crippen LogP contribution in [0.5, 0.6) is 0 Å². The molecule has 3 aromatic carbocycles. The largest absolute Gasteiger partial charge is 0.352 e. The van der Waals surface area contributed by atoms with E-state index in [-0.39, 0.29) is 30.7 Å². The number of anilines is 1. The highest BCUT2D eigenvalue weighted by Crippen LogP contribution is 2.15. The molecule has 3 aromatic rings. The minimum Gasteiger partial charge on any atom is -0.352 e. The predicted octanol–water partition coefficient (Wildman–Crippen LogP) is 3.68. The number of carbonyl (C=O) groups is 3. The van der Waals surface area contributed by atoms with E-state index < -0.39 is 0 Å². The summed E-state index contributed by atoms with van der Waals surface area (Å²) in [6.45, 7) is 2.60. The second-order valence-electron chi connectivity index (χ2n) is 7.13. The zero-order valence-electron chi connectivity index (χ0n) is 17.4. The third kappa shape index (κ3) is 6.54. The number of amides is 3. The van der Waals surface area contributed by atoms with Gasteiger partial charge in [0.05, 0.1) is 11.3 Å². The number of benzene rings is 3. The van der Waals surface area contributed by atoms with Crippen LogP contribution < -0.4 is 16.0 Å². The average molecular weight is 415 g/mol. The molecule has 3 rings (SSSR count). The average Bonchev–Trinajstić information content (AvgIpc) is 2.79. The van der Waals surface area contributed by atoms with Crippen LogP contribution in [0.3, 0.4) is 0 Å². The Morgan fingerprint density at radius 3 is 2.16 bits per heavy atom. The fourth-order valence-corrected chi connectivity index (χ4v) is 2.97. The van der Waals surface area contributed by atoms with Gasteiger partial charge in [0.25, 0.3) is 11.8 Å². The van der Waals surface area contributed by atoms with E-state index in [1.165, 1.54) is 0 Å². The van der Waals surface area contributed by atoms with Crippen LogP contribution in [0.15, 0.2) is 78.9 Å². The molecular weight excluding hydrogens is 390 g/mol. The highest BCUT2D eigenvalue weighted by molar-refractivity contribution is 6.03. The lowest BCUT2D eigenvalue weighted by atomic mass is 10.1. The van der Waals surface area contributed by atoms with Crippen molar-refractivity contribution in [3.05, 3.63) is 101 Å². The van der Waals surface area contributed by atoms with Crippen molar-refractivity contribution in [2.75, 3.05) is 11.9 Å². The SMILES string of the molecule is Cc1ccc(CNC(=O)c2ccccc2NC(=O)CCNC(=O)c2ccccc2)cc1. The highest BCUT2D eigenvalue weighted by Gasteiger charge is 2.13. The molecular formula is C25H25N3O3. The smallest absolute Gasteiger partial charge is 0.253 e. The lowest BCUT2D eigenvalue weighted by Crippen LogP contribution is -2.28. The Morgan fingerprint density at radius 2 is 1.42 bits per heavy atom. The molecule has 0 aliphatic carbocycles. The summed E-state index contributed by atoms with van der Waals surface area (Å²) in [6, 6.07) is 23.6. The first-order valence-corrected chi connectivity index (χ1v) is 10.1. The van der Waals surface area contributed by atoms with Gasteiger partial charge in [-0.25, -0.2) is 0 Å². The summed E-state index contributed by atoms with van der Waals surface area (Å²) < 4.78 is 0. The van der Waals surface area contributed by atoms with Crippen LogP contribution in [0.4, 0.5) is 5.69 Å². The standard InChI is InChI=1S/C25H25N3O3/c1-18-11-13-19(14-12-18)17-27-25(31)21-9-5-6-10-22(21)28-23(29)15-16-26-24(30)20-7-3-2-4-8-20/h2-14H,15-17H2,1H3,(H,26,30)(H,27,31)(H,28,29). The van der Waals surface area contributed by atoms with E-state index in [1.54, 1.807) is 48.5 Å². The first-order chi connectivity index (χ1) is 15.0. The number of rotatable bonds is 8. The van der Waals surface area contributed by atoms with Gasteiger partial charge in [0.15, 0.2) is 0 Å². The summed E-state index contributed by atoms with van der Waals surface area (Å²) in [6.07, 6.45) is 0.0951. The molecule has 0 radical (unpaired) electrons. The predicted molar refractivity (Wildman–Crippen MR) is 121 cm³/mol. The van der Waals surface area contributed by atoms with Gasteiger partial charge in [-0.3, -0.25) is 14.4 Å². The van der Waals surface area contributed by atoms with Gasteiger partial charge in [-0.15, -0.1) is 0 Å². The second kappa shape index (κ2) is 10.7. The summed E-state index contributed by atoms with van der Waals surface area (Å²) in [4.78, 5) is 37.0. The first-order valence-electron chi connectivity index (χ1n) is 10.1. The monoisotopic (exact) mass is 415 g/mol. The summed E-state index contributed by atoms with van der Waals surface area (Å²) >= 11 is 0. The Morgan fingerprint density at radius 1 is 0.742 bits per heavy atom. The quantitative estimate of drug-likeness (QED) is 0.524. The van der Waals surface area contributed by atoms with Crippen molar-refractivity contribution in [1.29, 1.82) is 0 Å². The van der Waals surface area contributed by atoms with Crippen molar-refractivity contribution in [2.45, 2.75) is 19.9 Å². The Kier molecular flexibility index (Phi) is 7.54. The molecule has 0 saturated heterocycles. The lowest BCUT2D eigenvalue weighted by molar-refractivity contribution is -0.116. The molecule has 0 atom stereocenters. The van der Waals surface area contributed by atoms with Crippen molar-refractivity contribution in [3.63, 3.8) is 0 Å². The molecule has 0 bridgehead atoms. The van der Waals surface area contributed by atoms with Gasteiger partial charge in [0, 0.05) is 25.1 Å². The van der Waals surface area contributed by atoms with Crippen LogP contribution in [0, 0.1) is 6.92 Å². The van der Waals surface area contributed by atoms with Crippen molar-refractivity contribution < 1.29 is 14.4 Å². The van der Waals surface area contributed by atoms with E-state index in [0.29, 0.717) is 23.4 Å². The van der Waals surface area contributed by atoms with E-state index in [4.69, 9.17) is 0 Å². The number of hydrogen-bond acceptors (Lipinski definition) is 3. The van der Waals surface area contributed by atoms with Gasteiger partial charge in [-0.05, 0) is 36.8 Å². The zero-order valence-corrected chi connectivity index (χ0v) is 17.4. The van der Waals surface area contributed by atoms with Crippen LogP contribution in [-0.4, -0.2) is 24.3 Å². The molecule has 0 aliphatic rings. The topological polar surface area (TPSA) is 87.3 Å². The van der Waals surface area contributed by atoms with Gasteiger partial charge < -0.3 is 16.0 Å². The van der Waals surface area contributed by atoms with E-state index in [2.05, 4.69) is 16.0 Å². The molecule has 158 valence electrons. The van der Waals surface area contributed by atoms with E-state index in [1.807, 2.05) is 37.3 Å². The van der Waals surface area contributed by atoms with Crippen molar-refractivity contribution in [2.24, 2.45) is 0 Å². The molecule has 31 heavy (non-hydrogen) atoms. The molecule has 0 aromatic heterocycles. The molecule has 0 fully saturated rings. The van der Waals surface area contributed by atoms with Crippen LogP contribution in [-0.2, 0) is 11.3 Å². The molecule has 0 spiro atoms. The summed E-state index contributed by atoms with van der Waals surface area (Å²) in [5.41, 5.74) is 3.51. The number of hydrogen-bond donors (Lipinski definition) is 3. The Hall–Kier alpha value is -3.93. The number of para-hydroxylation sites is 1. The van der Waals surface area contributed by atoms with Gasteiger partial charge in [0.1, 0.15) is 0 Å². The molecule has 6 nitrogen and oxygen atoms in total. The Bertz CT molecular complexity index is 1050. The Labute approximate surface area is 181 Å². The Balaban J connectivity index is 1.52. The van der Waals surface area contributed by atoms with Gasteiger partial charge in [0.2, 0.25) is 5.91 Å². The van der Waals surface area contributed by atoms with E-state index in [9.17, 15) is 14.4 Å². The maximum atomic E-state index is 12.6. The second-order valence-corrected chi connectivity index (χ2v) is 7.13. The van der Waals surface area contributed by atoms with Crippen LogP contribution in [0.2, 0.25) is 0 Å². The lowest BCUT2D eigenvalue weighted by Gasteiger charge is -2.12. The van der Waals surface area contributed by atoms with Crippen molar-refractivity contribution >= 4 is 23.4 Å². The van der Waals surface area contributed by atoms with Gasteiger partial charge in [-0.1, -0.05) is 60.2 Å².